The summed E-state index contributed by atoms with van der Waals surface area (Å²) in [5, 5.41) is 12.1. The van der Waals surface area contributed by atoms with Crippen molar-refractivity contribution in [3.8, 4) is 23.5 Å². The summed E-state index contributed by atoms with van der Waals surface area (Å²) in [6.45, 7) is 6.34. The van der Waals surface area contributed by atoms with Gasteiger partial charge < -0.3 is 15.0 Å². The quantitative estimate of drug-likeness (QED) is 0.116. The number of benzene rings is 2. The van der Waals surface area contributed by atoms with Gasteiger partial charge in [-0.3, -0.25) is 19.4 Å². The first kappa shape index (κ1) is 38.4. The molecule has 0 spiro atoms. The highest BCUT2D eigenvalue weighted by molar-refractivity contribution is 5.82. The lowest BCUT2D eigenvalue weighted by Crippen LogP contribution is -2.41. The Balaban J connectivity index is 1.85. The minimum Gasteiger partial charge on any atom is -0.481 e. The fourth-order valence-electron chi connectivity index (χ4n) is 6.15. The van der Waals surface area contributed by atoms with Crippen LogP contribution in [0.25, 0.3) is 11.1 Å². The summed E-state index contributed by atoms with van der Waals surface area (Å²) in [5.74, 6) is -4.08. The molecule has 51 heavy (non-hydrogen) atoms. The number of carboxylic acid groups (broad SMARTS) is 1. The van der Waals surface area contributed by atoms with Crippen LogP contribution >= 0.6 is 0 Å². The van der Waals surface area contributed by atoms with Gasteiger partial charge >= 0.3 is 12.1 Å². The number of rotatable bonds is 12. The number of terminal acetylenes is 1. The number of aliphatic carboxylic acids is 1. The van der Waals surface area contributed by atoms with Crippen molar-refractivity contribution in [1.82, 2.24) is 14.9 Å². The van der Waals surface area contributed by atoms with Crippen molar-refractivity contribution in [1.29, 1.82) is 0 Å². The van der Waals surface area contributed by atoms with Crippen LogP contribution in [0.1, 0.15) is 77.8 Å². The number of carboxylic acids is 1. The molecule has 0 aliphatic rings. The van der Waals surface area contributed by atoms with Gasteiger partial charge in [-0.1, -0.05) is 25.8 Å². The van der Waals surface area contributed by atoms with Crippen LogP contribution in [0.5, 0.6) is 0 Å². The highest BCUT2D eigenvalue weighted by Gasteiger charge is 2.36. The second-order valence-electron chi connectivity index (χ2n) is 12.7. The van der Waals surface area contributed by atoms with E-state index in [1.807, 2.05) is 0 Å². The van der Waals surface area contributed by atoms with Crippen molar-refractivity contribution in [3.63, 3.8) is 0 Å². The molecule has 0 unspecified atom stereocenters. The molecule has 4 aromatic rings. The molecule has 0 saturated carbocycles. The fraction of sp³-hybridized carbons (Fsp3) is 0.316. The zero-order valence-electron chi connectivity index (χ0n) is 28.2. The van der Waals surface area contributed by atoms with Gasteiger partial charge in [0.15, 0.2) is 0 Å². The summed E-state index contributed by atoms with van der Waals surface area (Å²) in [6.07, 6.45) is 1.75. The summed E-state index contributed by atoms with van der Waals surface area (Å²) in [5.41, 5.74) is -3.11. The predicted molar refractivity (Wildman–Crippen MR) is 178 cm³/mol. The Morgan fingerprint density at radius 3 is 2.24 bits per heavy atom. The summed E-state index contributed by atoms with van der Waals surface area (Å²) >= 11 is 0. The van der Waals surface area contributed by atoms with E-state index in [0.29, 0.717) is 11.8 Å². The van der Waals surface area contributed by atoms with E-state index in [9.17, 15) is 37.1 Å². The molecule has 1 amide bonds. The molecular weight excluding hydrogens is 676 g/mol. The van der Waals surface area contributed by atoms with Crippen molar-refractivity contribution >= 4 is 11.9 Å². The average Bonchev–Trinajstić information content (AvgIpc) is 3.03. The molecule has 0 saturated heterocycles. The number of aryl methyl sites for hydroxylation is 4. The van der Waals surface area contributed by atoms with Gasteiger partial charge in [-0.25, -0.2) is 13.2 Å². The van der Waals surface area contributed by atoms with Crippen LogP contribution in [0, 0.1) is 49.6 Å². The summed E-state index contributed by atoms with van der Waals surface area (Å²) in [4.78, 5) is 43.4. The fourth-order valence-corrected chi connectivity index (χ4v) is 6.15. The number of carbonyl (C=O) groups is 2. The Morgan fingerprint density at radius 1 is 1.02 bits per heavy atom. The predicted octanol–water partition coefficient (Wildman–Crippen LogP) is 7.65. The zero-order chi connectivity index (χ0) is 37.8. The number of hydrogen-bond acceptors (Lipinski definition) is 4. The Morgan fingerprint density at radius 2 is 1.69 bits per heavy atom. The van der Waals surface area contributed by atoms with Crippen molar-refractivity contribution in [3.05, 3.63) is 122 Å². The first-order valence-corrected chi connectivity index (χ1v) is 15.9. The molecule has 0 aliphatic carbocycles. The van der Waals surface area contributed by atoms with Crippen LogP contribution in [0.2, 0.25) is 0 Å². The molecule has 2 aromatic heterocycles. The van der Waals surface area contributed by atoms with E-state index in [0.717, 1.165) is 29.0 Å². The summed E-state index contributed by atoms with van der Waals surface area (Å²) in [6, 6.07) is 5.18. The highest BCUT2D eigenvalue weighted by atomic mass is 19.4. The number of carbonyl (C=O) groups excluding carboxylic acids is 1. The molecule has 7 nitrogen and oxygen atoms in total. The molecule has 13 heteroatoms. The van der Waals surface area contributed by atoms with Crippen LogP contribution in [-0.2, 0) is 28.6 Å². The Labute approximate surface area is 290 Å². The molecule has 4 rings (SSSR count). The zero-order valence-corrected chi connectivity index (χ0v) is 28.2. The molecule has 0 fully saturated rings. The molecule has 2 N–H and O–H groups in total. The number of hydrogen-bond donors (Lipinski definition) is 2. The van der Waals surface area contributed by atoms with Crippen molar-refractivity contribution in [2.75, 3.05) is 0 Å². The van der Waals surface area contributed by atoms with Gasteiger partial charge in [0.05, 0.1) is 23.6 Å². The van der Waals surface area contributed by atoms with Gasteiger partial charge in [0.25, 0.3) is 5.56 Å². The first-order chi connectivity index (χ1) is 23.9. The molecule has 0 bridgehead atoms. The Hall–Kier alpha value is -5.38. The number of alkyl halides is 3. The molecule has 2 aromatic carbocycles. The van der Waals surface area contributed by atoms with E-state index in [1.165, 1.54) is 20.0 Å². The lowest BCUT2D eigenvalue weighted by Gasteiger charge is -2.27. The molecule has 0 radical (unpaired) electrons. The number of nitrogens with one attached hydrogen (secondary N) is 1. The Bertz CT molecular complexity index is 2030. The van der Waals surface area contributed by atoms with Gasteiger partial charge in [0.2, 0.25) is 5.91 Å². The third-order valence-electron chi connectivity index (χ3n) is 8.38. The lowest BCUT2D eigenvalue weighted by atomic mass is 9.89. The maximum absolute atomic E-state index is 16.5. The van der Waals surface area contributed by atoms with Crippen molar-refractivity contribution in [2.24, 2.45) is 5.92 Å². The average molecular weight is 712 g/mol. The monoisotopic (exact) mass is 711 g/mol. The summed E-state index contributed by atoms with van der Waals surface area (Å²) < 4.78 is 89.6. The van der Waals surface area contributed by atoms with E-state index in [1.54, 1.807) is 32.0 Å². The normalized spacial score (nSPS) is 12.7. The third-order valence-corrected chi connectivity index (χ3v) is 8.38. The maximum Gasteiger partial charge on any atom is 0.416 e. The standard InChI is InChI=1S/C38H35F6N3O4/c1-6-23-16-27(33-21(4)14-25(39)15-22(33)5)36(41)34(35(23)40)29(18-32(49)50)46-37(51)30(13-20(2)3)47-19-24(10-11-26-9-7-8-12-45-26)28(17-31(47)48)38(42,43)44/h1,7-9,12,14-17,19-20,29-30H,10-11,13,18H2,2-5H3,(H,46,51)(H,49,50)/t29-,30-/m0/s1. The van der Waals surface area contributed by atoms with E-state index in [2.05, 4.69) is 16.2 Å². The van der Waals surface area contributed by atoms with Crippen molar-refractivity contribution in [2.45, 2.75) is 71.6 Å². The molecule has 2 atom stereocenters. The van der Waals surface area contributed by atoms with Crippen molar-refractivity contribution < 1.29 is 41.0 Å². The topological polar surface area (TPSA) is 101 Å². The van der Waals surface area contributed by atoms with Gasteiger partial charge in [-0.05, 0) is 91.6 Å². The van der Waals surface area contributed by atoms with E-state index >= 15 is 8.78 Å². The minimum absolute atomic E-state index is 0.0727. The molecule has 0 aliphatic heterocycles. The Kier molecular flexibility index (Phi) is 11.8. The second kappa shape index (κ2) is 15.7. The van der Waals surface area contributed by atoms with Gasteiger partial charge in [-0.2, -0.15) is 13.2 Å². The lowest BCUT2D eigenvalue weighted by molar-refractivity contribution is -0.139. The third kappa shape index (κ3) is 8.86. The van der Waals surface area contributed by atoms with Gasteiger partial charge in [-0.15, -0.1) is 6.42 Å². The molecule has 2 heterocycles. The van der Waals surface area contributed by atoms with Crippen LogP contribution < -0.4 is 10.9 Å². The SMILES string of the molecule is C#Cc1cc(-c2c(C)cc(F)cc2C)c(F)c([C@H](CC(=O)O)NC(=O)[C@H](CC(C)C)n2cc(CCc3ccccn3)c(C(F)(F)F)cc2=O)c1F. The highest BCUT2D eigenvalue weighted by Crippen LogP contribution is 2.38. The maximum atomic E-state index is 16.5. The number of pyridine rings is 2. The van der Waals surface area contributed by atoms with E-state index in [4.69, 9.17) is 6.42 Å². The first-order valence-electron chi connectivity index (χ1n) is 15.9. The number of nitrogens with zero attached hydrogens (tertiary/aromatic N) is 2. The number of halogens is 6. The van der Waals surface area contributed by atoms with E-state index < -0.39 is 76.3 Å². The van der Waals surface area contributed by atoms with Gasteiger partial charge in [0, 0.05) is 35.3 Å². The minimum atomic E-state index is -4.91. The number of aromatic nitrogens is 2. The smallest absolute Gasteiger partial charge is 0.416 e. The van der Waals surface area contributed by atoms with Crippen LogP contribution in [0.4, 0.5) is 26.3 Å². The largest absolute Gasteiger partial charge is 0.481 e. The van der Waals surface area contributed by atoms with Crippen LogP contribution in [0.3, 0.4) is 0 Å². The van der Waals surface area contributed by atoms with Crippen LogP contribution in [-0.4, -0.2) is 26.5 Å². The van der Waals surface area contributed by atoms with E-state index in [-0.39, 0.29) is 53.0 Å². The van der Waals surface area contributed by atoms with Gasteiger partial charge in [0.1, 0.15) is 23.5 Å². The van der Waals surface area contributed by atoms with Crippen LogP contribution in [0.15, 0.2) is 59.7 Å². The second-order valence-corrected chi connectivity index (χ2v) is 12.7. The molecular formula is C38H35F6N3O4. The summed E-state index contributed by atoms with van der Waals surface area (Å²) in [7, 11) is 0. The molecule has 268 valence electrons. The number of amides is 1.